The van der Waals surface area contributed by atoms with Gasteiger partial charge in [0.25, 0.3) is 0 Å². The molecule has 1 saturated carbocycles. The van der Waals surface area contributed by atoms with E-state index in [1.165, 1.54) is 18.3 Å². The fraction of sp³-hybridized carbons (Fsp3) is 0.391. The minimum Gasteiger partial charge on any atom is -0.481 e. The third-order valence-corrected chi connectivity index (χ3v) is 7.36. The molecule has 1 aliphatic rings. The average molecular weight is 511 g/mol. The van der Waals surface area contributed by atoms with Crippen LogP contribution >= 0.6 is 11.3 Å². The molecule has 12 heteroatoms. The zero-order chi connectivity index (χ0) is 25.6. The first-order chi connectivity index (χ1) is 16.3. The van der Waals surface area contributed by atoms with Crippen LogP contribution in [0.15, 0.2) is 36.7 Å². The lowest BCUT2D eigenvalue weighted by Gasteiger charge is -2.44. The summed E-state index contributed by atoms with van der Waals surface area (Å²) in [5.74, 6) is -2.47. The number of rotatable bonds is 5. The Morgan fingerprint density at radius 2 is 1.97 bits per heavy atom. The topological polar surface area (TPSA) is 108 Å². The molecule has 1 fully saturated rings. The van der Waals surface area contributed by atoms with E-state index in [2.05, 4.69) is 20.3 Å². The van der Waals surface area contributed by atoms with Crippen LogP contribution in [0.25, 0.3) is 10.4 Å². The number of hydrogen-bond donors (Lipinski definition) is 3. The van der Waals surface area contributed by atoms with Gasteiger partial charge in [0, 0.05) is 18.1 Å². The van der Waals surface area contributed by atoms with Crippen molar-refractivity contribution in [3.05, 3.63) is 53.2 Å². The summed E-state index contributed by atoms with van der Waals surface area (Å²) >= 11 is 1.15. The number of aliphatic carboxylic acids is 1. The zero-order valence-corrected chi connectivity index (χ0v) is 19.5. The van der Waals surface area contributed by atoms with Gasteiger partial charge < -0.3 is 15.5 Å². The lowest BCUT2D eigenvalue weighted by atomic mass is 9.63. The summed E-state index contributed by atoms with van der Waals surface area (Å²) in [5.41, 5.74) is -2.58. The molecule has 0 radical (unpaired) electrons. The number of carboxylic acids is 1. The molecule has 0 bridgehead atoms. The summed E-state index contributed by atoms with van der Waals surface area (Å²) in [6.45, 7) is 3.59. The molecular formula is C23H22F4N4O3S. The Kier molecular flexibility index (Phi) is 6.30. The molecule has 2 heterocycles. The molecular weight excluding hydrogens is 488 g/mol. The standard InChI is InChI=1S/C23H22F4N4O3S/c1-21(2)11-22(34,5-3-15(21)18(32)33)19-29-10-16(35-19)12-7-13(24)9-14(8-12)30-20-28-6-4-17(31-20)23(25,26)27/h4,6-10,15,34H,3,5,11H2,1-2H3,(H,32,33)(H,28,30,31)/t15-,22-/m1/s1. The minimum atomic E-state index is -4.65. The van der Waals surface area contributed by atoms with Crippen LogP contribution in [0.3, 0.4) is 0 Å². The zero-order valence-electron chi connectivity index (χ0n) is 18.7. The monoisotopic (exact) mass is 510 g/mol. The van der Waals surface area contributed by atoms with E-state index in [0.29, 0.717) is 21.9 Å². The first kappa shape index (κ1) is 25.0. The molecule has 7 nitrogen and oxygen atoms in total. The molecule has 0 aliphatic heterocycles. The molecule has 0 saturated heterocycles. The smallest absolute Gasteiger partial charge is 0.433 e. The van der Waals surface area contributed by atoms with Crippen molar-refractivity contribution in [3.63, 3.8) is 0 Å². The third-order valence-electron chi connectivity index (χ3n) is 6.12. The van der Waals surface area contributed by atoms with Gasteiger partial charge in [0.05, 0.1) is 10.8 Å². The Bertz CT molecular complexity index is 1260. The largest absolute Gasteiger partial charge is 0.481 e. The van der Waals surface area contributed by atoms with E-state index in [9.17, 15) is 32.6 Å². The quantitative estimate of drug-likeness (QED) is 0.384. The Morgan fingerprint density at radius 3 is 2.63 bits per heavy atom. The SMILES string of the molecule is CC1(C)C[C@@](O)(c2ncc(-c3cc(F)cc(Nc4nccc(C(F)(F)F)n4)c3)s2)CC[C@@H]1C(=O)O. The number of alkyl halides is 3. The number of aliphatic hydroxyl groups is 1. The van der Waals surface area contributed by atoms with Crippen LogP contribution in [-0.4, -0.2) is 31.1 Å². The number of halogens is 4. The molecule has 0 unspecified atom stereocenters. The number of carbonyl (C=O) groups is 1. The van der Waals surface area contributed by atoms with E-state index in [0.717, 1.165) is 29.7 Å². The van der Waals surface area contributed by atoms with Gasteiger partial charge >= 0.3 is 12.1 Å². The van der Waals surface area contributed by atoms with Crippen molar-refractivity contribution in [2.75, 3.05) is 5.32 Å². The van der Waals surface area contributed by atoms with Crippen molar-refractivity contribution in [3.8, 4) is 10.4 Å². The number of carboxylic acid groups (broad SMARTS) is 1. The van der Waals surface area contributed by atoms with Crippen molar-refractivity contribution in [1.29, 1.82) is 0 Å². The van der Waals surface area contributed by atoms with Crippen LogP contribution in [-0.2, 0) is 16.6 Å². The van der Waals surface area contributed by atoms with Crippen LogP contribution in [0, 0.1) is 17.2 Å². The highest BCUT2D eigenvalue weighted by molar-refractivity contribution is 7.15. The van der Waals surface area contributed by atoms with Gasteiger partial charge in [-0.05, 0) is 54.5 Å². The fourth-order valence-corrected chi connectivity index (χ4v) is 5.53. The normalized spacial score (nSPS) is 22.1. The van der Waals surface area contributed by atoms with E-state index >= 15 is 0 Å². The second-order valence-electron chi connectivity index (χ2n) is 9.27. The number of aromatic nitrogens is 3. The Morgan fingerprint density at radius 1 is 1.23 bits per heavy atom. The van der Waals surface area contributed by atoms with Gasteiger partial charge in [-0.1, -0.05) is 13.8 Å². The van der Waals surface area contributed by atoms with Crippen LogP contribution < -0.4 is 5.32 Å². The van der Waals surface area contributed by atoms with Gasteiger partial charge in [-0.25, -0.2) is 19.3 Å². The van der Waals surface area contributed by atoms with Gasteiger partial charge in [-0.3, -0.25) is 4.79 Å². The van der Waals surface area contributed by atoms with E-state index in [1.807, 2.05) is 0 Å². The number of benzene rings is 1. The predicted octanol–water partition coefficient (Wildman–Crippen LogP) is 5.60. The Balaban J connectivity index is 1.59. The van der Waals surface area contributed by atoms with Crippen molar-refractivity contribution in [1.82, 2.24) is 15.0 Å². The molecule has 2 atom stereocenters. The van der Waals surface area contributed by atoms with E-state index in [4.69, 9.17) is 0 Å². The molecule has 2 aromatic heterocycles. The highest BCUT2D eigenvalue weighted by Crippen LogP contribution is 2.51. The number of anilines is 2. The maximum Gasteiger partial charge on any atom is 0.433 e. The molecule has 1 aliphatic carbocycles. The molecule has 35 heavy (non-hydrogen) atoms. The van der Waals surface area contributed by atoms with E-state index in [1.54, 1.807) is 13.8 Å². The Hall–Kier alpha value is -3.12. The Labute approximate surface area is 201 Å². The molecule has 3 aromatic rings. The summed E-state index contributed by atoms with van der Waals surface area (Å²) in [7, 11) is 0. The maximum atomic E-state index is 14.4. The molecule has 3 N–H and O–H groups in total. The highest BCUT2D eigenvalue weighted by Gasteiger charge is 2.49. The van der Waals surface area contributed by atoms with Gasteiger partial charge in [0.1, 0.15) is 22.1 Å². The summed E-state index contributed by atoms with van der Waals surface area (Å²) < 4.78 is 53.1. The summed E-state index contributed by atoms with van der Waals surface area (Å²) in [5, 5.41) is 23.8. The van der Waals surface area contributed by atoms with Gasteiger partial charge in [-0.2, -0.15) is 13.2 Å². The van der Waals surface area contributed by atoms with Gasteiger partial charge in [-0.15, -0.1) is 11.3 Å². The average Bonchev–Trinajstić information content (AvgIpc) is 3.23. The van der Waals surface area contributed by atoms with Crippen molar-refractivity contribution < 1.29 is 32.6 Å². The van der Waals surface area contributed by atoms with Crippen molar-refractivity contribution >= 4 is 28.9 Å². The van der Waals surface area contributed by atoms with Crippen LogP contribution in [0.5, 0.6) is 0 Å². The first-order valence-electron chi connectivity index (χ1n) is 10.7. The van der Waals surface area contributed by atoms with Crippen LogP contribution in [0.4, 0.5) is 29.2 Å². The lowest BCUT2D eigenvalue weighted by molar-refractivity contribution is -0.154. The second kappa shape index (κ2) is 8.83. The van der Waals surface area contributed by atoms with Crippen LogP contribution in [0.1, 0.15) is 43.8 Å². The number of hydrogen-bond acceptors (Lipinski definition) is 7. The predicted molar refractivity (Wildman–Crippen MR) is 120 cm³/mol. The summed E-state index contributed by atoms with van der Waals surface area (Å²) in [6, 6.07) is 4.58. The summed E-state index contributed by atoms with van der Waals surface area (Å²) in [6.07, 6.45) is -1.50. The number of thiazole rings is 1. The summed E-state index contributed by atoms with van der Waals surface area (Å²) in [4.78, 5) is 23.6. The third kappa shape index (κ3) is 5.27. The minimum absolute atomic E-state index is 0.135. The van der Waals surface area contributed by atoms with Gasteiger partial charge in [0.2, 0.25) is 5.95 Å². The molecule has 0 spiro atoms. The van der Waals surface area contributed by atoms with Crippen LogP contribution in [0.2, 0.25) is 0 Å². The lowest BCUT2D eigenvalue weighted by Crippen LogP contribution is -2.44. The second-order valence-corrected chi connectivity index (χ2v) is 10.3. The van der Waals surface area contributed by atoms with E-state index in [-0.39, 0.29) is 24.5 Å². The molecule has 1 aromatic carbocycles. The number of nitrogens with zero attached hydrogens (tertiary/aromatic N) is 3. The van der Waals surface area contributed by atoms with Gasteiger partial charge in [0.15, 0.2) is 0 Å². The fourth-order valence-electron chi connectivity index (χ4n) is 4.51. The van der Waals surface area contributed by atoms with Crippen molar-refractivity contribution in [2.24, 2.45) is 11.3 Å². The van der Waals surface area contributed by atoms with Crippen molar-refractivity contribution in [2.45, 2.75) is 44.9 Å². The highest BCUT2D eigenvalue weighted by atomic mass is 32.1. The number of nitrogens with one attached hydrogen (secondary N) is 1. The van der Waals surface area contributed by atoms with E-state index < -0.39 is 40.6 Å². The maximum absolute atomic E-state index is 14.4. The first-order valence-corrected chi connectivity index (χ1v) is 11.5. The molecule has 186 valence electrons. The molecule has 4 rings (SSSR count). The molecule has 0 amide bonds.